The van der Waals surface area contributed by atoms with E-state index in [1.807, 2.05) is 18.7 Å². The summed E-state index contributed by atoms with van der Waals surface area (Å²) < 4.78 is 40.2. The van der Waals surface area contributed by atoms with E-state index in [1.165, 1.54) is 12.1 Å². The van der Waals surface area contributed by atoms with Gasteiger partial charge in [-0.05, 0) is 64.4 Å². The highest BCUT2D eigenvalue weighted by Crippen LogP contribution is 2.24. The Morgan fingerprint density at radius 1 is 1.14 bits per heavy atom. The number of rotatable bonds is 6. The zero-order valence-corrected chi connectivity index (χ0v) is 16.3. The van der Waals surface area contributed by atoms with E-state index in [-0.39, 0.29) is 42.7 Å². The Labute approximate surface area is 162 Å². The number of amides is 2. The molecule has 0 unspecified atom stereocenters. The van der Waals surface area contributed by atoms with Crippen LogP contribution in [0.3, 0.4) is 0 Å². The van der Waals surface area contributed by atoms with Crippen molar-refractivity contribution in [1.82, 2.24) is 9.80 Å². The van der Waals surface area contributed by atoms with Gasteiger partial charge in [-0.3, -0.25) is 14.5 Å². The van der Waals surface area contributed by atoms with E-state index < -0.39 is 6.36 Å². The summed E-state index contributed by atoms with van der Waals surface area (Å²) in [5.74, 6) is -0.735. The normalized spacial score (nSPS) is 20.2. The second-order valence-electron chi connectivity index (χ2n) is 7.22. The topological polar surface area (TPSA) is 61.9 Å². The van der Waals surface area contributed by atoms with E-state index >= 15 is 0 Å². The SMILES string of the molecule is C[C@@H]1CCC[C@H](C)N1C(=O)CN(C)CC(=O)Nc1ccc(OC(F)(F)F)cc1. The number of benzene rings is 1. The minimum atomic E-state index is -4.76. The Balaban J connectivity index is 1.82. The Hall–Kier alpha value is -2.29. The molecular formula is C19H26F3N3O3. The minimum Gasteiger partial charge on any atom is -0.406 e. The zero-order chi connectivity index (χ0) is 20.9. The smallest absolute Gasteiger partial charge is 0.406 e. The second kappa shape index (κ2) is 9.27. The van der Waals surface area contributed by atoms with Crippen molar-refractivity contribution in [1.29, 1.82) is 0 Å². The molecule has 0 aromatic heterocycles. The number of carbonyl (C=O) groups excluding carboxylic acids is 2. The number of hydrogen-bond donors (Lipinski definition) is 1. The summed E-state index contributed by atoms with van der Waals surface area (Å²) in [6.45, 7) is 4.18. The fourth-order valence-corrected chi connectivity index (χ4v) is 3.47. The van der Waals surface area contributed by atoms with Crippen LogP contribution in [-0.4, -0.2) is 60.2 Å². The predicted octanol–water partition coefficient (Wildman–Crippen LogP) is 3.25. The summed E-state index contributed by atoms with van der Waals surface area (Å²) in [4.78, 5) is 28.2. The van der Waals surface area contributed by atoms with Gasteiger partial charge in [0.25, 0.3) is 0 Å². The largest absolute Gasteiger partial charge is 0.573 e. The summed E-state index contributed by atoms with van der Waals surface area (Å²) in [6.07, 6.45) is -1.69. The lowest BCUT2D eigenvalue weighted by molar-refractivity contribution is -0.274. The zero-order valence-electron chi connectivity index (χ0n) is 16.3. The van der Waals surface area contributed by atoms with Gasteiger partial charge in [-0.15, -0.1) is 13.2 Å². The summed E-state index contributed by atoms with van der Waals surface area (Å²) in [5.41, 5.74) is 0.345. The average Bonchev–Trinajstić information content (AvgIpc) is 2.54. The highest BCUT2D eigenvalue weighted by atomic mass is 19.4. The molecule has 1 fully saturated rings. The van der Waals surface area contributed by atoms with Crippen LogP contribution in [0.1, 0.15) is 33.1 Å². The first-order valence-corrected chi connectivity index (χ1v) is 9.20. The van der Waals surface area contributed by atoms with Gasteiger partial charge in [0.05, 0.1) is 13.1 Å². The lowest BCUT2D eigenvalue weighted by Gasteiger charge is -2.39. The van der Waals surface area contributed by atoms with Gasteiger partial charge < -0.3 is 15.0 Å². The van der Waals surface area contributed by atoms with E-state index in [4.69, 9.17) is 0 Å². The molecule has 0 saturated carbocycles. The molecule has 1 aromatic rings. The summed E-state index contributed by atoms with van der Waals surface area (Å²) in [6, 6.07) is 5.26. The summed E-state index contributed by atoms with van der Waals surface area (Å²) in [5, 5.41) is 2.59. The molecule has 28 heavy (non-hydrogen) atoms. The fraction of sp³-hybridized carbons (Fsp3) is 0.579. The van der Waals surface area contributed by atoms with Crippen LogP contribution < -0.4 is 10.1 Å². The van der Waals surface area contributed by atoms with Gasteiger partial charge >= 0.3 is 6.36 Å². The van der Waals surface area contributed by atoms with Crippen LogP contribution in [0.2, 0.25) is 0 Å². The maximum absolute atomic E-state index is 12.6. The molecule has 0 radical (unpaired) electrons. The molecule has 1 saturated heterocycles. The molecule has 1 aliphatic heterocycles. The third kappa shape index (κ3) is 6.70. The number of alkyl halides is 3. The maximum Gasteiger partial charge on any atom is 0.573 e. The van der Waals surface area contributed by atoms with E-state index in [9.17, 15) is 22.8 Å². The van der Waals surface area contributed by atoms with Crippen molar-refractivity contribution in [2.45, 2.75) is 51.6 Å². The predicted molar refractivity (Wildman–Crippen MR) is 98.9 cm³/mol. The maximum atomic E-state index is 12.6. The number of halogens is 3. The molecule has 9 heteroatoms. The third-order valence-electron chi connectivity index (χ3n) is 4.67. The Kier molecular flexibility index (Phi) is 7.29. The van der Waals surface area contributed by atoms with E-state index in [0.29, 0.717) is 5.69 Å². The number of likely N-dealkylation sites (N-methyl/N-ethyl adjacent to an activating group) is 1. The molecule has 6 nitrogen and oxygen atoms in total. The van der Waals surface area contributed by atoms with E-state index in [1.54, 1.807) is 11.9 Å². The minimum absolute atomic E-state index is 0.0105. The molecule has 1 heterocycles. The Bertz CT molecular complexity index is 669. The number of nitrogens with zero attached hydrogens (tertiary/aromatic N) is 2. The van der Waals surface area contributed by atoms with Crippen LogP contribution in [0.5, 0.6) is 5.75 Å². The number of carbonyl (C=O) groups is 2. The van der Waals surface area contributed by atoms with Crippen molar-refractivity contribution in [3.8, 4) is 5.75 Å². The molecule has 2 rings (SSSR count). The van der Waals surface area contributed by atoms with Gasteiger partial charge in [-0.25, -0.2) is 0 Å². The quantitative estimate of drug-likeness (QED) is 0.795. The fourth-order valence-electron chi connectivity index (χ4n) is 3.47. The van der Waals surface area contributed by atoms with Crippen LogP contribution in [-0.2, 0) is 9.59 Å². The molecule has 156 valence electrons. The van der Waals surface area contributed by atoms with Gasteiger partial charge in [0.2, 0.25) is 11.8 Å². The van der Waals surface area contributed by atoms with Crippen molar-refractivity contribution in [2.24, 2.45) is 0 Å². The monoisotopic (exact) mass is 401 g/mol. The van der Waals surface area contributed by atoms with E-state index in [2.05, 4.69) is 10.1 Å². The molecule has 1 N–H and O–H groups in total. The van der Waals surface area contributed by atoms with Gasteiger partial charge in [0.1, 0.15) is 5.75 Å². The van der Waals surface area contributed by atoms with Crippen molar-refractivity contribution in [3.05, 3.63) is 24.3 Å². The first-order valence-electron chi connectivity index (χ1n) is 9.20. The lowest BCUT2D eigenvalue weighted by atomic mass is 9.97. The number of ether oxygens (including phenoxy) is 1. The van der Waals surface area contributed by atoms with Gasteiger partial charge in [-0.1, -0.05) is 0 Å². The Morgan fingerprint density at radius 3 is 2.25 bits per heavy atom. The van der Waals surface area contributed by atoms with Crippen LogP contribution >= 0.6 is 0 Å². The van der Waals surface area contributed by atoms with Crippen molar-refractivity contribution < 1.29 is 27.5 Å². The van der Waals surface area contributed by atoms with Crippen LogP contribution in [0.25, 0.3) is 0 Å². The van der Waals surface area contributed by atoms with Crippen LogP contribution in [0.4, 0.5) is 18.9 Å². The van der Waals surface area contributed by atoms with Crippen LogP contribution in [0, 0.1) is 0 Å². The number of anilines is 1. The van der Waals surface area contributed by atoms with E-state index in [0.717, 1.165) is 31.4 Å². The molecular weight excluding hydrogens is 375 g/mol. The first kappa shape index (κ1) is 22.0. The van der Waals surface area contributed by atoms with Gasteiger partial charge in [0, 0.05) is 17.8 Å². The Morgan fingerprint density at radius 2 is 1.71 bits per heavy atom. The highest BCUT2D eigenvalue weighted by Gasteiger charge is 2.31. The second-order valence-corrected chi connectivity index (χ2v) is 7.22. The molecule has 0 bridgehead atoms. The van der Waals surface area contributed by atoms with Crippen molar-refractivity contribution in [3.63, 3.8) is 0 Å². The number of hydrogen-bond acceptors (Lipinski definition) is 4. The summed E-state index contributed by atoms with van der Waals surface area (Å²) in [7, 11) is 1.68. The molecule has 0 spiro atoms. The van der Waals surface area contributed by atoms with Crippen molar-refractivity contribution >= 4 is 17.5 Å². The van der Waals surface area contributed by atoms with Crippen LogP contribution in [0.15, 0.2) is 24.3 Å². The number of likely N-dealkylation sites (tertiary alicyclic amines) is 1. The van der Waals surface area contributed by atoms with Crippen molar-refractivity contribution in [2.75, 3.05) is 25.5 Å². The highest BCUT2D eigenvalue weighted by molar-refractivity contribution is 5.92. The standard InChI is InChI=1S/C19H26F3N3O3/c1-13-5-4-6-14(2)25(13)18(27)12-24(3)11-17(26)23-15-7-9-16(10-8-15)28-19(20,21)22/h7-10,13-14H,4-6,11-12H2,1-3H3,(H,23,26)/t13-,14+. The average molecular weight is 401 g/mol. The summed E-state index contributed by atoms with van der Waals surface area (Å²) >= 11 is 0. The lowest BCUT2D eigenvalue weighted by Crippen LogP contribution is -2.51. The molecule has 0 aliphatic carbocycles. The molecule has 2 atom stereocenters. The first-order chi connectivity index (χ1) is 13.0. The molecule has 1 aliphatic rings. The number of nitrogens with one attached hydrogen (secondary N) is 1. The molecule has 2 amide bonds. The third-order valence-corrected chi connectivity index (χ3v) is 4.67. The molecule has 1 aromatic carbocycles. The van der Waals surface area contributed by atoms with Gasteiger partial charge in [-0.2, -0.15) is 0 Å². The number of piperidine rings is 1. The van der Waals surface area contributed by atoms with Gasteiger partial charge in [0.15, 0.2) is 0 Å².